The molecule has 0 bridgehead atoms. The number of rotatable bonds is 4. The molecule has 0 saturated carbocycles. The van der Waals surface area contributed by atoms with Crippen molar-refractivity contribution in [1.29, 1.82) is 0 Å². The van der Waals surface area contributed by atoms with Crippen molar-refractivity contribution in [3.63, 3.8) is 0 Å². The third-order valence-corrected chi connectivity index (χ3v) is 6.28. The Morgan fingerprint density at radius 3 is 2.46 bits per heavy atom. The summed E-state index contributed by atoms with van der Waals surface area (Å²) in [5.74, 6) is 2.12. The fraction of sp³-hybridized carbons (Fsp3) is 0.478. The van der Waals surface area contributed by atoms with Crippen molar-refractivity contribution in [3.05, 3.63) is 48.0 Å². The highest BCUT2D eigenvalue weighted by molar-refractivity contribution is 7.99. The van der Waals surface area contributed by atoms with E-state index in [1.54, 1.807) is 7.11 Å². The van der Waals surface area contributed by atoms with Gasteiger partial charge in [-0.3, -0.25) is 0 Å². The minimum atomic E-state index is 0.301. The van der Waals surface area contributed by atoms with Crippen LogP contribution in [0.25, 0.3) is 0 Å². The van der Waals surface area contributed by atoms with E-state index in [2.05, 4.69) is 68.1 Å². The highest BCUT2D eigenvalue weighted by Crippen LogP contribution is 2.46. The highest BCUT2D eigenvalue weighted by atomic mass is 32.2. The molecule has 1 unspecified atom stereocenters. The third-order valence-electron chi connectivity index (χ3n) is 4.80. The van der Waals surface area contributed by atoms with Crippen molar-refractivity contribution >= 4 is 23.1 Å². The van der Waals surface area contributed by atoms with Crippen molar-refractivity contribution in [2.45, 2.75) is 52.4 Å². The molecule has 0 N–H and O–H groups in total. The van der Waals surface area contributed by atoms with Crippen molar-refractivity contribution in [1.82, 2.24) is 0 Å². The average molecular weight is 372 g/mol. The molecular formula is C23H33NOS. The fourth-order valence-electron chi connectivity index (χ4n) is 3.56. The molecule has 0 aromatic heterocycles. The molecule has 2 aromatic rings. The second kappa shape index (κ2) is 9.36. The monoisotopic (exact) mass is 371 g/mol. The summed E-state index contributed by atoms with van der Waals surface area (Å²) >= 11 is 1.97. The molecule has 1 heterocycles. The van der Waals surface area contributed by atoms with Crippen molar-refractivity contribution < 1.29 is 4.74 Å². The molecule has 142 valence electrons. The Morgan fingerprint density at radius 1 is 1.15 bits per heavy atom. The summed E-state index contributed by atoms with van der Waals surface area (Å²) in [6, 6.07) is 15.3. The van der Waals surface area contributed by atoms with Crippen LogP contribution in [0.4, 0.5) is 11.4 Å². The maximum absolute atomic E-state index is 5.56. The molecule has 0 radical (unpaired) electrons. The summed E-state index contributed by atoms with van der Waals surface area (Å²) in [5, 5.41) is 0. The van der Waals surface area contributed by atoms with Crippen LogP contribution in [-0.4, -0.2) is 19.4 Å². The van der Waals surface area contributed by atoms with Crippen LogP contribution in [0.15, 0.2) is 47.4 Å². The first-order valence-corrected chi connectivity index (χ1v) is 10.7. The van der Waals surface area contributed by atoms with Gasteiger partial charge in [0, 0.05) is 22.9 Å². The summed E-state index contributed by atoms with van der Waals surface area (Å²) in [4.78, 5) is 3.82. The largest absolute Gasteiger partial charge is 0.496 e. The topological polar surface area (TPSA) is 12.5 Å². The summed E-state index contributed by atoms with van der Waals surface area (Å²) < 4.78 is 5.56. The Morgan fingerprint density at radius 2 is 1.85 bits per heavy atom. The molecule has 0 fully saturated rings. The van der Waals surface area contributed by atoms with Gasteiger partial charge in [-0.2, -0.15) is 0 Å². The second-order valence-electron chi connectivity index (χ2n) is 7.06. The molecule has 2 nitrogen and oxygen atoms in total. The van der Waals surface area contributed by atoms with Gasteiger partial charge in [0.1, 0.15) is 5.75 Å². The van der Waals surface area contributed by atoms with E-state index in [1.165, 1.54) is 34.7 Å². The Labute approximate surface area is 163 Å². The van der Waals surface area contributed by atoms with Crippen molar-refractivity contribution in [3.8, 4) is 5.75 Å². The summed E-state index contributed by atoms with van der Waals surface area (Å²) in [6.45, 7) is 11.9. The van der Waals surface area contributed by atoms with Gasteiger partial charge in [-0.1, -0.05) is 52.3 Å². The maximum atomic E-state index is 5.56. The van der Waals surface area contributed by atoms with Crippen LogP contribution < -0.4 is 9.64 Å². The number of nitrogens with zero attached hydrogens (tertiary/aromatic N) is 1. The Balaban J connectivity index is 0.00000117. The van der Waals surface area contributed by atoms with E-state index in [1.807, 2.05) is 25.6 Å². The van der Waals surface area contributed by atoms with E-state index in [9.17, 15) is 0 Å². The van der Waals surface area contributed by atoms with Gasteiger partial charge in [-0.05, 0) is 48.6 Å². The number of hydrogen-bond acceptors (Lipinski definition) is 3. The summed E-state index contributed by atoms with van der Waals surface area (Å²) in [7, 11) is 1.76. The smallest absolute Gasteiger partial charge is 0.123 e. The normalized spacial score (nSPS) is 19.1. The number of para-hydroxylation sites is 1. The van der Waals surface area contributed by atoms with Gasteiger partial charge in [-0.15, -0.1) is 11.8 Å². The molecule has 1 atom stereocenters. The van der Waals surface area contributed by atoms with E-state index >= 15 is 0 Å². The molecule has 1 aliphatic heterocycles. The van der Waals surface area contributed by atoms with Crippen LogP contribution in [0, 0.1) is 12.3 Å². The van der Waals surface area contributed by atoms with E-state index in [4.69, 9.17) is 4.74 Å². The molecule has 26 heavy (non-hydrogen) atoms. The highest BCUT2D eigenvalue weighted by Gasteiger charge is 2.32. The zero-order chi connectivity index (χ0) is 19.2. The van der Waals surface area contributed by atoms with Crippen LogP contribution in [0.2, 0.25) is 0 Å². The minimum Gasteiger partial charge on any atom is -0.496 e. The van der Waals surface area contributed by atoms with Gasteiger partial charge in [0.2, 0.25) is 0 Å². The van der Waals surface area contributed by atoms with Gasteiger partial charge < -0.3 is 9.64 Å². The average Bonchev–Trinajstić information content (AvgIpc) is 2.81. The number of fused-ring (bicyclic) bond motifs is 1. The van der Waals surface area contributed by atoms with Crippen molar-refractivity contribution in [2.75, 3.05) is 24.3 Å². The minimum absolute atomic E-state index is 0.301. The van der Waals surface area contributed by atoms with Crippen molar-refractivity contribution in [2.24, 2.45) is 5.41 Å². The number of thioether (sulfide) groups is 1. The number of hydrogen-bond donors (Lipinski definition) is 0. The van der Waals surface area contributed by atoms with Crippen LogP contribution in [-0.2, 0) is 0 Å². The maximum Gasteiger partial charge on any atom is 0.123 e. The molecule has 2 aromatic carbocycles. The van der Waals surface area contributed by atoms with Gasteiger partial charge in [0.05, 0.1) is 12.8 Å². The first kappa shape index (κ1) is 20.7. The van der Waals surface area contributed by atoms with Crippen LogP contribution >= 0.6 is 11.8 Å². The molecule has 1 aliphatic rings. The number of benzene rings is 2. The van der Waals surface area contributed by atoms with Gasteiger partial charge in [-0.25, -0.2) is 0 Å². The second-order valence-corrected chi connectivity index (χ2v) is 8.08. The van der Waals surface area contributed by atoms with Crippen LogP contribution in [0.1, 0.15) is 46.1 Å². The SMILES string of the molecule is CC.CCCC1(C)CSc2cc(OC)c(C)cc2N(c2ccccc2)C1. The predicted octanol–water partition coefficient (Wildman–Crippen LogP) is 7.08. The molecular weight excluding hydrogens is 338 g/mol. The molecule has 0 amide bonds. The number of anilines is 2. The summed E-state index contributed by atoms with van der Waals surface area (Å²) in [6.07, 6.45) is 2.46. The standard InChI is InChI=1S/C21H27NOS.C2H6/c1-5-11-21(3)14-22(17-9-7-6-8-10-17)18-12-16(2)19(23-4)13-20(18)24-15-21;1-2/h6-10,12-13H,5,11,14-15H2,1-4H3;1-2H3. The van der Waals surface area contributed by atoms with E-state index in [0.29, 0.717) is 5.41 Å². The fourth-order valence-corrected chi connectivity index (χ4v) is 4.81. The first-order valence-electron chi connectivity index (χ1n) is 9.70. The lowest BCUT2D eigenvalue weighted by Gasteiger charge is -2.34. The molecule has 3 heteroatoms. The zero-order valence-corrected chi connectivity index (χ0v) is 18.0. The van der Waals surface area contributed by atoms with Gasteiger partial charge >= 0.3 is 0 Å². The Kier molecular flexibility index (Phi) is 7.45. The zero-order valence-electron chi connectivity index (χ0n) is 17.1. The third kappa shape index (κ3) is 4.56. The number of ether oxygens (including phenoxy) is 1. The number of aryl methyl sites for hydroxylation is 1. The van der Waals surface area contributed by atoms with E-state index in [0.717, 1.165) is 18.0 Å². The lowest BCUT2D eigenvalue weighted by molar-refractivity contribution is 0.352. The molecule has 0 spiro atoms. The molecule has 0 saturated heterocycles. The lowest BCUT2D eigenvalue weighted by Crippen LogP contribution is -2.33. The quantitative estimate of drug-likeness (QED) is 0.570. The molecule has 3 rings (SSSR count). The number of methoxy groups -OCH3 is 1. The Hall–Kier alpha value is -1.61. The first-order chi connectivity index (χ1) is 12.6. The Bertz CT molecular complexity index is 701. The molecule has 0 aliphatic carbocycles. The predicted molar refractivity (Wildman–Crippen MR) is 116 cm³/mol. The van der Waals surface area contributed by atoms with Crippen LogP contribution in [0.3, 0.4) is 0 Å². The van der Waals surface area contributed by atoms with E-state index < -0.39 is 0 Å². The summed E-state index contributed by atoms with van der Waals surface area (Å²) in [5.41, 5.74) is 4.07. The van der Waals surface area contributed by atoms with Crippen LogP contribution in [0.5, 0.6) is 5.75 Å². The van der Waals surface area contributed by atoms with E-state index in [-0.39, 0.29) is 0 Å². The van der Waals surface area contributed by atoms with Gasteiger partial charge in [0.15, 0.2) is 0 Å². The lowest BCUT2D eigenvalue weighted by atomic mass is 9.87. The van der Waals surface area contributed by atoms with Gasteiger partial charge in [0.25, 0.3) is 0 Å².